The fraction of sp³-hybridized carbons (Fsp3) is 0.238. The molecular weight excluding hydrogens is 386 g/mol. The summed E-state index contributed by atoms with van der Waals surface area (Å²) in [5, 5.41) is 15.2. The van der Waals surface area contributed by atoms with E-state index in [0.29, 0.717) is 17.5 Å². The molecule has 1 aliphatic rings. The Labute approximate surface area is 173 Å². The second-order valence-corrected chi connectivity index (χ2v) is 7.48. The van der Waals surface area contributed by atoms with Crippen molar-refractivity contribution in [3.8, 4) is 17.1 Å². The van der Waals surface area contributed by atoms with Gasteiger partial charge in [-0.2, -0.15) is 5.10 Å². The molecule has 3 aromatic rings. The Morgan fingerprint density at radius 3 is 2.66 bits per heavy atom. The summed E-state index contributed by atoms with van der Waals surface area (Å²) in [6.07, 6.45) is 0.766. The molecule has 0 N–H and O–H groups in total. The zero-order chi connectivity index (χ0) is 20.2. The van der Waals surface area contributed by atoms with E-state index in [2.05, 4.69) is 15.3 Å². The van der Waals surface area contributed by atoms with Crippen molar-refractivity contribution in [3.05, 3.63) is 60.2 Å². The molecule has 1 aromatic heterocycles. The number of rotatable bonds is 6. The van der Waals surface area contributed by atoms with Crippen molar-refractivity contribution in [1.82, 2.24) is 19.8 Å². The molecule has 0 saturated heterocycles. The number of aromatic nitrogens is 3. The Morgan fingerprint density at radius 2 is 1.86 bits per heavy atom. The smallest absolute Gasteiger partial charge is 0.253 e. The number of hydrogen-bond donors (Lipinski definition) is 0. The summed E-state index contributed by atoms with van der Waals surface area (Å²) >= 11 is 1.36. The number of carbonyl (C=O) groups is 1. The highest BCUT2D eigenvalue weighted by Crippen LogP contribution is 2.30. The van der Waals surface area contributed by atoms with E-state index in [0.717, 1.165) is 29.0 Å². The van der Waals surface area contributed by atoms with E-state index in [9.17, 15) is 4.79 Å². The standard InChI is InChI=1S/C21H21N5O2S/c1-25-20(16-10-6-7-11-18(16)28-2)22-23-21(25)29-14-19(27)26-13-12-17(24-26)15-8-4-3-5-9-15/h3-11H,12-14H2,1-2H3. The molecular formula is C21H21N5O2S. The number of benzene rings is 2. The third-order valence-electron chi connectivity index (χ3n) is 4.70. The second-order valence-electron chi connectivity index (χ2n) is 6.53. The van der Waals surface area contributed by atoms with Gasteiger partial charge in [0.1, 0.15) is 5.75 Å². The van der Waals surface area contributed by atoms with Crippen LogP contribution >= 0.6 is 11.8 Å². The molecule has 148 valence electrons. The minimum Gasteiger partial charge on any atom is -0.496 e. The maximum Gasteiger partial charge on any atom is 0.253 e. The summed E-state index contributed by atoms with van der Waals surface area (Å²) < 4.78 is 7.29. The Morgan fingerprint density at radius 1 is 1.10 bits per heavy atom. The number of thioether (sulfide) groups is 1. The first-order chi connectivity index (χ1) is 14.2. The van der Waals surface area contributed by atoms with E-state index in [1.807, 2.05) is 66.2 Å². The zero-order valence-corrected chi connectivity index (χ0v) is 17.1. The van der Waals surface area contributed by atoms with Crippen LogP contribution < -0.4 is 4.74 Å². The first-order valence-corrected chi connectivity index (χ1v) is 10.2. The number of hydrazone groups is 1. The highest BCUT2D eigenvalue weighted by molar-refractivity contribution is 7.99. The molecule has 0 saturated carbocycles. The fourth-order valence-electron chi connectivity index (χ4n) is 3.18. The van der Waals surface area contributed by atoms with Crippen molar-refractivity contribution >= 4 is 23.4 Å². The molecule has 1 aliphatic heterocycles. The molecule has 0 unspecified atom stereocenters. The highest BCUT2D eigenvalue weighted by Gasteiger charge is 2.22. The monoisotopic (exact) mass is 407 g/mol. The predicted octanol–water partition coefficient (Wildman–Crippen LogP) is 3.22. The molecule has 0 spiro atoms. The summed E-state index contributed by atoms with van der Waals surface area (Å²) in [6, 6.07) is 17.6. The molecule has 2 heterocycles. The predicted molar refractivity (Wildman–Crippen MR) is 113 cm³/mol. The van der Waals surface area contributed by atoms with Crippen LogP contribution in [0.5, 0.6) is 5.75 Å². The van der Waals surface area contributed by atoms with Crippen LogP contribution in [0.3, 0.4) is 0 Å². The van der Waals surface area contributed by atoms with Gasteiger partial charge >= 0.3 is 0 Å². The number of nitrogens with zero attached hydrogens (tertiary/aromatic N) is 5. The third-order valence-corrected chi connectivity index (χ3v) is 5.71. The first-order valence-electron chi connectivity index (χ1n) is 9.26. The number of carbonyl (C=O) groups excluding carboxylic acids is 1. The number of amides is 1. The van der Waals surface area contributed by atoms with E-state index in [1.54, 1.807) is 12.1 Å². The van der Waals surface area contributed by atoms with Gasteiger partial charge in [-0.3, -0.25) is 4.79 Å². The van der Waals surface area contributed by atoms with Gasteiger partial charge in [-0.15, -0.1) is 10.2 Å². The first kappa shape index (κ1) is 19.2. The van der Waals surface area contributed by atoms with Gasteiger partial charge in [0, 0.05) is 13.5 Å². The minimum absolute atomic E-state index is 0.0391. The third kappa shape index (κ3) is 4.02. The average molecular weight is 407 g/mol. The summed E-state index contributed by atoms with van der Waals surface area (Å²) in [7, 11) is 3.51. The Kier molecular flexibility index (Phi) is 5.62. The van der Waals surface area contributed by atoms with Crippen LogP contribution in [0, 0.1) is 0 Å². The van der Waals surface area contributed by atoms with Crippen molar-refractivity contribution < 1.29 is 9.53 Å². The van der Waals surface area contributed by atoms with Crippen LogP contribution in [0.15, 0.2) is 64.9 Å². The molecule has 1 amide bonds. The summed E-state index contributed by atoms with van der Waals surface area (Å²) in [5.41, 5.74) is 2.87. The molecule has 4 rings (SSSR count). The normalized spacial score (nSPS) is 13.4. The van der Waals surface area contributed by atoms with Crippen molar-refractivity contribution in [2.24, 2.45) is 12.1 Å². The van der Waals surface area contributed by atoms with Gasteiger partial charge in [0.2, 0.25) is 0 Å². The number of methoxy groups -OCH3 is 1. The lowest BCUT2D eigenvalue weighted by atomic mass is 10.1. The molecule has 0 atom stereocenters. The average Bonchev–Trinajstić information content (AvgIpc) is 3.40. The fourth-order valence-corrected chi connectivity index (χ4v) is 3.96. The van der Waals surface area contributed by atoms with Gasteiger partial charge in [0.25, 0.3) is 5.91 Å². The summed E-state index contributed by atoms with van der Waals surface area (Å²) in [5.74, 6) is 1.64. The molecule has 7 nitrogen and oxygen atoms in total. The topological polar surface area (TPSA) is 72.6 Å². The highest BCUT2D eigenvalue weighted by atomic mass is 32.2. The van der Waals surface area contributed by atoms with Crippen LogP contribution in [0.2, 0.25) is 0 Å². The molecule has 8 heteroatoms. The Bertz CT molecular complexity index is 1050. The maximum atomic E-state index is 12.6. The van der Waals surface area contributed by atoms with Crippen molar-refractivity contribution in [2.75, 3.05) is 19.4 Å². The number of hydrogen-bond acceptors (Lipinski definition) is 6. The molecule has 0 radical (unpaired) electrons. The van der Waals surface area contributed by atoms with Crippen LogP contribution in [0.25, 0.3) is 11.4 Å². The van der Waals surface area contributed by atoms with Crippen LogP contribution in [0.4, 0.5) is 0 Å². The zero-order valence-electron chi connectivity index (χ0n) is 16.3. The quantitative estimate of drug-likeness (QED) is 0.587. The van der Waals surface area contributed by atoms with Crippen molar-refractivity contribution in [3.63, 3.8) is 0 Å². The number of ether oxygens (including phenoxy) is 1. The van der Waals surface area contributed by atoms with Gasteiger partial charge in [-0.25, -0.2) is 5.01 Å². The van der Waals surface area contributed by atoms with Gasteiger partial charge in [-0.05, 0) is 17.7 Å². The Balaban J connectivity index is 1.43. The molecule has 0 fully saturated rings. The van der Waals surface area contributed by atoms with Gasteiger partial charge in [-0.1, -0.05) is 54.2 Å². The van der Waals surface area contributed by atoms with Gasteiger partial charge in [0.05, 0.1) is 30.7 Å². The van der Waals surface area contributed by atoms with Crippen LogP contribution in [-0.4, -0.2) is 50.8 Å². The van der Waals surface area contributed by atoms with Crippen molar-refractivity contribution in [2.45, 2.75) is 11.6 Å². The number of para-hydroxylation sites is 1. The second kappa shape index (κ2) is 8.48. The maximum absolute atomic E-state index is 12.6. The molecule has 0 aliphatic carbocycles. The van der Waals surface area contributed by atoms with E-state index in [1.165, 1.54) is 11.8 Å². The van der Waals surface area contributed by atoms with Crippen LogP contribution in [-0.2, 0) is 11.8 Å². The SMILES string of the molecule is COc1ccccc1-c1nnc(SCC(=O)N2CCC(c3ccccc3)=N2)n1C. The van der Waals surface area contributed by atoms with E-state index >= 15 is 0 Å². The van der Waals surface area contributed by atoms with Crippen LogP contribution in [0.1, 0.15) is 12.0 Å². The van der Waals surface area contributed by atoms with Crippen molar-refractivity contribution in [1.29, 1.82) is 0 Å². The van der Waals surface area contributed by atoms with E-state index in [4.69, 9.17) is 4.74 Å². The van der Waals surface area contributed by atoms with E-state index < -0.39 is 0 Å². The molecule has 2 aromatic carbocycles. The minimum atomic E-state index is -0.0391. The summed E-state index contributed by atoms with van der Waals surface area (Å²) in [4.78, 5) is 12.6. The summed E-state index contributed by atoms with van der Waals surface area (Å²) in [6.45, 7) is 0.606. The molecule has 29 heavy (non-hydrogen) atoms. The lowest BCUT2D eigenvalue weighted by Crippen LogP contribution is -2.25. The molecule has 0 bridgehead atoms. The van der Waals surface area contributed by atoms with E-state index in [-0.39, 0.29) is 11.7 Å². The lowest BCUT2D eigenvalue weighted by Gasteiger charge is -2.11. The Hall–Kier alpha value is -3.13. The largest absolute Gasteiger partial charge is 0.496 e. The van der Waals surface area contributed by atoms with Gasteiger partial charge in [0.15, 0.2) is 11.0 Å². The van der Waals surface area contributed by atoms with Gasteiger partial charge < -0.3 is 9.30 Å². The lowest BCUT2D eigenvalue weighted by molar-refractivity contribution is -0.127.